The smallest absolute Gasteiger partial charge is 0.0546 e. The molecule has 51 heavy (non-hydrogen) atoms. The number of aryl methyl sites for hydroxylation is 1. The lowest BCUT2D eigenvalue weighted by Gasteiger charge is -2.29. The predicted molar refractivity (Wildman–Crippen MR) is 227 cm³/mol. The fourth-order valence-corrected chi connectivity index (χ4v) is 6.56. The number of rotatable bonds is 6. The van der Waals surface area contributed by atoms with E-state index in [0.717, 1.165) is 34.1 Å². The molecule has 0 bridgehead atoms. The van der Waals surface area contributed by atoms with Crippen LogP contribution in [0.5, 0.6) is 0 Å². The molecule has 2 nitrogen and oxygen atoms in total. The number of hydrogen-bond donors (Lipinski definition) is 0. The first kappa shape index (κ1) is 36.4. The Hall–Kier alpha value is -5.86. The number of benzene rings is 8. The second kappa shape index (κ2) is 17.7. The molecule has 0 amide bonds. The summed E-state index contributed by atoms with van der Waals surface area (Å²) in [4.78, 5) is 4.77. The minimum absolute atomic E-state index is 1.13. The van der Waals surface area contributed by atoms with Gasteiger partial charge in [0, 0.05) is 33.5 Å². The molecule has 8 rings (SSSR count). The van der Waals surface area contributed by atoms with Crippen molar-refractivity contribution in [3.05, 3.63) is 181 Å². The number of hydrogen-bond acceptors (Lipinski definition) is 2. The maximum absolute atomic E-state index is 2.39. The van der Waals surface area contributed by atoms with Gasteiger partial charge in [0.1, 0.15) is 0 Å². The molecule has 8 aromatic carbocycles. The molecule has 0 N–H and O–H groups in total. The molecule has 0 unspecified atom stereocenters. The average molecular weight is 667 g/mol. The van der Waals surface area contributed by atoms with Crippen molar-refractivity contribution in [3.8, 4) is 0 Å². The fourth-order valence-electron chi connectivity index (χ4n) is 6.56. The zero-order chi connectivity index (χ0) is 36.2. The number of nitrogens with zero attached hydrogens (tertiary/aromatic N) is 2. The monoisotopic (exact) mass is 666 g/mol. The van der Waals surface area contributed by atoms with Crippen LogP contribution in [0.15, 0.2) is 176 Å². The van der Waals surface area contributed by atoms with Gasteiger partial charge in [-0.2, -0.15) is 0 Å². The summed E-state index contributed by atoms with van der Waals surface area (Å²) in [5.74, 6) is 0. The van der Waals surface area contributed by atoms with Crippen LogP contribution in [0, 0.1) is 6.92 Å². The Morgan fingerprint density at radius 1 is 0.275 bits per heavy atom. The molecule has 0 aliphatic carbocycles. The molecule has 0 atom stereocenters. The highest BCUT2D eigenvalue weighted by molar-refractivity contribution is 6.24. The molecule has 0 aliphatic rings. The Balaban J connectivity index is 0.000000800. The molecule has 0 saturated carbocycles. The van der Waals surface area contributed by atoms with Crippen LogP contribution in [0.1, 0.15) is 47.1 Å². The van der Waals surface area contributed by atoms with E-state index in [1.54, 1.807) is 0 Å². The minimum atomic E-state index is 1.13. The van der Waals surface area contributed by atoms with Gasteiger partial charge in [0.2, 0.25) is 0 Å². The molecule has 0 heterocycles. The minimum Gasteiger partial charge on any atom is -0.310 e. The highest BCUT2D eigenvalue weighted by Gasteiger charge is 2.21. The summed E-state index contributed by atoms with van der Waals surface area (Å²) in [5.41, 5.74) is 8.09. The van der Waals surface area contributed by atoms with E-state index in [2.05, 4.69) is 193 Å². The SMILES string of the molecule is CC.CC.CC.Cc1ccc(N(c2ccccc2)c2cc3c4ccccc4c(N(c4ccccc4)c4ccccc4)cc3c3ccccc23)cc1. The lowest BCUT2D eigenvalue weighted by atomic mass is 9.93. The van der Waals surface area contributed by atoms with E-state index in [9.17, 15) is 0 Å². The zero-order valence-electron chi connectivity index (χ0n) is 31.1. The largest absolute Gasteiger partial charge is 0.310 e. The number of fused-ring (bicyclic) bond motifs is 5. The first-order chi connectivity index (χ1) is 25.3. The predicted octanol–water partition coefficient (Wildman–Crippen LogP) is 15.5. The molecule has 0 aromatic heterocycles. The van der Waals surface area contributed by atoms with Gasteiger partial charge in [-0.3, -0.25) is 0 Å². The summed E-state index contributed by atoms with van der Waals surface area (Å²) in [6.45, 7) is 14.1. The lowest BCUT2D eigenvalue weighted by Crippen LogP contribution is -2.11. The van der Waals surface area contributed by atoms with Crippen LogP contribution in [0.3, 0.4) is 0 Å². The number of para-hydroxylation sites is 3. The van der Waals surface area contributed by atoms with Crippen molar-refractivity contribution in [3.63, 3.8) is 0 Å². The Bertz CT molecular complexity index is 2220. The van der Waals surface area contributed by atoms with E-state index < -0.39 is 0 Å². The normalized spacial score (nSPS) is 10.3. The Morgan fingerprint density at radius 3 is 0.882 bits per heavy atom. The summed E-state index contributed by atoms with van der Waals surface area (Å²) in [5, 5.41) is 7.34. The van der Waals surface area contributed by atoms with Crippen LogP contribution in [-0.2, 0) is 0 Å². The molecule has 256 valence electrons. The molecule has 8 aromatic rings. The average Bonchev–Trinajstić information content (AvgIpc) is 3.22. The second-order valence-corrected chi connectivity index (χ2v) is 11.5. The summed E-state index contributed by atoms with van der Waals surface area (Å²) in [6.07, 6.45) is 0. The van der Waals surface area contributed by atoms with Crippen molar-refractivity contribution in [2.45, 2.75) is 48.5 Å². The third kappa shape index (κ3) is 7.51. The van der Waals surface area contributed by atoms with E-state index in [0.29, 0.717) is 0 Å². The molecule has 2 heteroatoms. The van der Waals surface area contributed by atoms with Crippen LogP contribution in [0.4, 0.5) is 34.1 Å². The third-order valence-electron chi connectivity index (χ3n) is 8.66. The highest BCUT2D eigenvalue weighted by Crippen LogP contribution is 2.47. The van der Waals surface area contributed by atoms with E-state index in [1.165, 1.54) is 37.9 Å². The van der Waals surface area contributed by atoms with Crippen molar-refractivity contribution >= 4 is 66.4 Å². The number of anilines is 6. The molecule has 0 radical (unpaired) electrons. The second-order valence-electron chi connectivity index (χ2n) is 11.5. The molecular weight excluding hydrogens is 617 g/mol. The van der Waals surface area contributed by atoms with Gasteiger partial charge >= 0.3 is 0 Å². The molecule has 0 spiro atoms. The zero-order valence-corrected chi connectivity index (χ0v) is 31.1. The van der Waals surface area contributed by atoms with Gasteiger partial charge in [0.05, 0.1) is 11.4 Å². The summed E-state index contributed by atoms with van der Waals surface area (Å²) >= 11 is 0. The topological polar surface area (TPSA) is 6.48 Å². The van der Waals surface area contributed by atoms with E-state index in [4.69, 9.17) is 0 Å². The van der Waals surface area contributed by atoms with Gasteiger partial charge < -0.3 is 9.80 Å². The van der Waals surface area contributed by atoms with Crippen molar-refractivity contribution in [2.24, 2.45) is 0 Å². The van der Waals surface area contributed by atoms with Gasteiger partial charge in [-0.05, 0) is 89.1 Å². The highest BCUT2D eigenvalue weighted by atomic mass is 15.1. The van der Waals surface area contributed by atoms with Gasteiger partial charge in [0.15, 0.2) is 0 Å². The van der Waals surface area contributed by atoms with E-state index in [1.807, 2.05) is 41.5 Å². The van der Waals surface area contributed by atoms with Gasteiger partial charge in [0.25, 0.3) is 0 Å². The van der Waals surface area contributed by atoms with Gasteiger partial charge in [-0.25, -0.2) is 0 Å². The molecule has 0 saturated heterocycles. The third-order valence-corrected chi connectivity index (χ3v) is 8.66. The summed E-state index contributed by atoms with van der Waals surface area (Å²) in [7, 11) is 0. The van der Waals surface area contributed by atoms with Crippen molar-refractivity contribution in [1.29, 1.82) is 0 Å². The maximum Gasteiger partial charge on any atom is 0.0546 e. The standard InChI is InChI=1S/C43H32N2.3C2H6/c1-31-25-27-35(28-26-31)45(34-19-9-4-10-20-34)43-30-41-36-21-11-13-23-38(36)42(29-40(41)37-22-12-14-24-39(37)43)44(32-15-5-2-6-16-32)33-17-7-3-8-18-33;3*1-2/h2-30H,1H3;3*1-2H3. The van der Waals surface area contributed by atoms with Crippen LogP contribution < -0.4 is 9.80 Å². The van der Waals surface area contributed by atoms with Crippen LogP contribution in [0.2, 0.25) is 0 Å². The van der Waals surface area contributed by atoms with Gasteiger partial charge in [-0.1, -0.05) is 162 Å². The maximum atomic E-state index is 2.39. The summed E-state index contributed by atoms with van der Waals surface area (Å²) in [6, 6.07) is 63.3. The van der Waals surface area contributed by atoms with Crippen molar-refractivity contribution in [2.75, 3.05) is 9.80 Å². The fraction of sp³-hybridized carbons (Fsp3) is 0.143. The quantitative estimate of drug-likeness (QED) is 0.163. The Labute approximate surface area is 305 Å². The molecular formula is C49H50N2. The van der Waals surface area contributed by atoms with Crippen LogP contribution >= 0.6 is 0 Å². The first-order valence-corrected chi connectivity index (χ1v) is 18.5. The van der Waals surface area contributed by atoms with Gasteiger partial charge in [-0.15, -0.1) is 0 Å². The van der Waals surface area contributed by atoms with E-state index >= 15 is 0 Å². The van der Waals surface area contributed by atoms with Crippen molar-refractivity contribution < 1.29 is 0 Å². The van der Waals surface area contributed by atoms with Crippen LogP contribution in [-0.4, -0.2) is 0 Å². The Morgan fingerprint density at radius 2 is 0.549 bits per heavy atom. The van der Waals surface area contributed by atoms with Crippen LogP contribution in [0.25, 0.3) is 32.3 Å². The first-order valence-electron chi connectivity index (χ1n) is 18.5. The summed E-state index contributed by atoms with van der Waals surface area (Å²) < 4.78 is 0. The molecule has 0 fully saturated rings. The van der Waals surface area contributed by atoms with Crippen molar-refractivity contribution in [1.82, 2.24) is 0 Å². The lowest BCUT2D eigenvalue weighted by molar-refractivity contribution is 1.29. The van der Waals surface area contributed by atoms with E-state index in [-0.39, 0.29) is 0 Å². The molecule has 0 aliphatic heterocycles. The Kier molecular flexibility index (Phi) is 12.6.